The van der Waals surface area contributed by atoms with Gasteiger partial charge in [0.2, 0.25) is 0 Å². The predicted octanol–water partition coefficient (Wildman–Crippen LogP) is 4.00. The monoisotopic (exact) mass is 449 g/mol. The lowest BCUT2D eigenvalue weighted by atomic mass is 10.2. The van der Waals surface area contributed by atoms with Crippen molar-refractivity contribution in [2.45, 2.75) is 0 Å². The first-order valence-electron chi connectivity index (χ1n) is 9.82. The number of carbonyl (C=O) groups excluding carboxylic acids is 2. The third-order valence-corrected chi connectivity index (χ3v) is 5.04. The van der Waals surface area contributed by atoms with Gasteiger partial charge in [0.05, 0.1) is 37.4 Å². The molecule has 0 spiro atoms. The van der Waals surface area contributed by atoms with Crippen molar-refractivity contribution in [2.24, 2.45) is 0 Å². The molecule has 2 amide bonds. The molecule has 0 aliphatic heterocycles. The first-order chi connectivity index (χ1) is 15.9. The van der Waals surface area contributed by atoms with Gasteiger partial charge in [-0.2, -0.15) is 0 Å². The van der Waals surface area contributed by atoms with E-state index in [0.717, 1.165) is 5.56 Å². The number of pyridine rings is 2. The zero-order chi connectivity index (χ0) is 23.5. The summed E-state index contributed by atoms with van der Waals surface area (Å²) >= 11 is 0. The Bertz CT molecular complexity index is 1340. The molecule has 33 heavy (non-hydrogen) atoms. The van der Waals surface area contributed by atoms with Crippen LogP contribution in [0, 0.1) is 5.82 Å². The number of rotatable bonds is 5. The average Bonchev–Trinajstić information content (AvgIpc) is 3.26. The topological polar surface area (TPSA) is 98.1 Å². The molecule has 3 aromatic heterocycles. The Balaban J connectivity index is 1.66. The molecule has 0 radical (unpaired) electrons. The van der Waals surface area contributed by atoms with Crippen LogP contribution in [0.15, 0.2) is 61.1 Å². The van der Waals surface area contributed by atoms with Crippen LogP contribution in [0.1, 0.15) is 10.4 Å². The van der Waals surface area contributed by atoms with Crippen molar-refractivity contribution in [1.82, 2.24) is 14.4 Å². The van der Waals surface area contributed by atoms with E-state index in [9.17, 15) is 14.0 Å². The van der Waals surface area contributed by atoms with Crippen LogP contribution < -0.4 is 15.0 Å². The minimum Gasteiger partial charge on any atom is -0.492 e. The van der Waals surface area contributed by atoms with Crippen molar-refractivity contribution < 1.29 is 23.5 Å². The quantitative estimate of drug-likeness (QED) is 0.495. The summed E-state index contributed by atoms with van der Waals surface area (Å²) in [5, 5.41) is 2.48. The summed E-state index contributed by atoms with van der Waals surface area (Å²) in [6, 6.07) is 11.2. The number of ether oxygens (including phenoxy) is 2. The maximum absolute atomic E-state index is 14.1. The van der Waals surface area contributed by atoms with Crippen molar-refractivity contribution >= 4 is 29.2 Å². The van der Waals surface area contributed by atoms with E-state index in [1.54, 1.807) is 60.4 Å². The van der Waals surface area contributed by atoms with E-state index in [1.807, 2.05) is 0 Å². The number of benzene rings is 1. The molecule has 4 rings (SSSR count). The zero-order valence-corrected chi connectivity index (χ0v) is 18.1. The molecule has 0 fully saturated rings. The summed E-state index contributed by atoms with van der Waals surface area (Å²) in [4.78, 5) is 34.4. The molecule has 1 aromatic carbocycles. The Labute approximate surface area is 188 Å². The SMILES string of the molecule is COC(=O)Nc1ccc(-c2cnc3ccc(C(=O)N(C)c4cccc(F)c4OC)cn23)cn1. The first-order valence-corrected chi connectivity index (χ1v) is 9.82. The third-order valence-electron chi connectivity index (χ3n) is 5.04. The molecular formula is C23H20FN5O4. The van der Waals surface area contributed by atoms with E-state index in [2.05, 4.69) is 20.0 Å². The number of imidazole rings is 1. The Morgan fingerprint density at radius 2 is 1.88 bits per heavy atom. The molecule has 0 aliphatic rings. The molecule has 0 saturated heterocycles. The van der Waals surface area contributed by atoms with E-state index < -0.39 is 11.9 Å². The second-order valence-corrected chi connectivity index (χ2v) is 6.99. The smallest absolute Gasteiger partial charge is 0.412 e. The van der Waals surface area contributed by atoms with E-state index in [-0.39, 0.29) is 11.7 Å². The van der Waals surface area contributed by atoms with Crippen LogP contribution in [0.5, 0.6) is 5.75 Å². The van der Waals surface area contributed by atoms with Crippen molar-refractivity contribution in [2.75, 3.05) is 31.5 Å². The lowest BCUT2D eigenvalue weighted by Crippen LogP contribution is -2.27. The van der Waals surface area contributed by atoms with Crippen LogP contribution in [0.25, 0.3) is 16.9 Å². The van der Waals surface area contributed by atoms with Crippen LogP contribution in [0.3, 0.4) is 0 Å². The Morgan fingerprint density at radius 1 is 1.06 bits per heavy atom. The maximum atomic E-state index is 14.1. The fourth-order valence-corrected chi connectivity index (χ4v) is 3.36. The number of hydrogen-bond donors (Lipinski definition) is 1. The van der Waals surface area contributed by atoms with E-state index in [4.69, 9.17) is 4.74 Å². The van der Waals surface area contributed by atoms with Gasteiger partial charge < -0.3 is 14.4 Å². The number of nitrogens with one attached hydrogen (secondary N) is 1. The van der Waals surface area contributed by atoms with Crippen LogP contribution in [-0.2, 0) is 4.74 Å². The third kappa shape index (κ3) is 4.18. The molecule has 0 saturated carbocycles. The second kappa shape index (κ2) is 8.95. The Kier molecular flexibility index (Phi) is 5.90. The summed E-state index contributed by atoms with van der Waals surface area (Å²) in [5.74, 6) is -0.582. The van der Waals surface area contributed by atoms with Crippen LogP contribution in [0.4, 0.5) is 20.7 Å². The largest absolute Gasteiger partial charge is 0.492 e. The van der Waals surface area contributed by atoms with E-state index >= 15 is 0 Å². The van der Waals surface area contributed by atoms with Crippen molar-refractivity contribution in [3.63, 3.8) is 0 Å². The van der Waals surface area contributed by atoms with Gasteiger partial charge >= 0.3 is 6.09 Å². The molecule has 0 aliphatic carbocycles. The molecule has 3 heterocycles. The molecule has 9 nitrogen and oxygen atoms in total. The lowest BCUT2D eigenvalue weighted by molar-refractivity contribution is 0.0992. The number of para-hydroxylation sites is 1. The standard InChI is InChI=1S/C23H20FN5O4/c1-28(17-6-4-5-16(24)21(17)32-2)22(30)15-8-10-20-26-12-18(29(20)13-15)14-7-9-19(25-11-14)27-23(31)33-3/h4-13H,1-3H3,(H,25,27,31). The second-order valence-electron chi connectivity index (χ2n) is 6.99. The molecule has 1 N–H and O–H groups in total. The van der Waals surface area contributed by atoms with Gasteiger partial charge in [-0.15, -0.1) is 0 Å². The fourth-order valence-electron chi connectivity index (χ4n) is 3.36. The van der Waals surface area contributed by atoms with Gasteiger partial charge in [0, 0.05) is 25.0 Å². The highest BCUT2D eigenvalue weighted by molar-refractivity contribution is 6.06. The number of halogens is 1. The summed E-state index contributed by atoms with van der Waals surface area (Å²) in [5.41, 5.74) is 2.73. The number of hydrogen-bond acceptors (Lipinski definition) is 6. The molecule has 0 atom stereocenters. The van der Waals surface area contributed by atoms with Gasteiger partial charge in [-0.05, 0) is 36.4 Å². The van der Waals surface area contributed by atoms with Gasteiger partial charge in [-0.1, -0.05) is 6.07 Å². The van der Waals surface area contributed by atoms with Gasteiger partial charge in [-0.25, -0.2) is 19.2 Å². The van der Waals surface area contributed by atoms with E-state index in [0.29, 0.717) is 28.4 Å². The van der Waals surface area contributed by atoms with Gasteiger partial charge in [-0.3, -0.25) is 14.5 Å². The number of methoxy groups -OCH3 is 2. The lowest BCUT2D eigenvalue weighted by Gasteiger charge is -2.20. The molecule has 0 unspecified atom stereocenters. The molecule has 0 bridgehead atoms. The minimum atomic E-state index is -0.618. The molecular weight excluding hydrogens is 429 g/mol. The van der Waals surface area contributed by atoms with Crippen LogP contribution in [-0.4, -0.2) is 47.6 Å². The number of anilines is 2. The highest BCUT2D eigenvalue weighted by Gasteiger charge is 2.20. The number of aromatic nitrogens is 3. The minimum absolute atomic E-state index is 0.00974. The summed E-state index contributed by atoms with van der Waals surface area (Å²) in [7, 11) is 4.17. The number of nitrogens with zero attached hydrogens (tertiary/aromatic N) is 4. The zero-order valence-electron chi connectivity index (χ0n) is 18.1. The van der Waals surface area contributed by atoms with Gasteiger partial charge in [0.25, 0.3) is 5.91 Å². The van der Waals surface area contributed by atoms with Gasteiger partial charge in [0.15, 0.2) is 11.6 Å². The molecule has 4 aromatic rings. The van der Waals surface area contributed by atoms with Crippen molar-refractivity contribution in [3.8, 4) is 17.0 Å². The summed E-state index contributed by atoms with van der Waals surface area (Å²) in [6.07, 6.45) is 4.27. The van der Waals surface area contributed by atoms with Gasteiger partial charge in [0.1, 0.15) is 11.5 Å². The average molecular weight is 449 g/mol. The maximum Gasteiger partial charge on any atom is 0.412 e. The van der Waals surface area contributed by atoms with Crippen LogP contribution in [0.2, 0.25) is 0 Å². The molecule has 10 heteroatoms. The van der Waals surface area contributed by atoms with Crippen molar-refractivity contribution in [3.05, 3.63) is 72.4 Å². The number of fused-ring (bicyclic) bond motifs is 1. The predicted molar refractivity (Wildman–Crippen MR) is 120 cm³/mol. The van der Waals surface area contributed by atoms with Crippen LogP contribution >= 0.6 is 0 Å². The fraction of sp³-hybridized carbons (Fsp3) is 0.130. The number of carbonyl (C=O) groups is 2. The summed E-state index contributed by atoms with van der Waals surface area (Å²) < 4.78 is 25.5. The Morgan fingerprint density at radius 3 is 2.58 bits per heavy atom. The first kappa shape index (κ1) is 21.8. The normalized spacial score (nSPS) is 10.7. The molecule has 168 valence electrons. The van der Waals surface area contributed by atoms with E-state index in [1.165, 1.54) is 31.3 Å². The highest BCUT2D eigenvalue weighted by atomic mass is 19.1. The number of amides is 2. The highest BCUT2D eigenvalue weighted by Crippen LogP contribution is 2.31. The Hall–Kier alpha value is -4.47. The summed E-state index contributed by atoms with van der Waals surface area (Å²) in [6.45, 7) is 0. The van der Waals surface area contributed by atoms with Crippen molar-refractivity contribution in [1.29, 1.82) is 0 Å².